The molecular formula is C11H19N3O. The zero-order valence-corrected chi connectivity index (χ0v) is 9.28. The molecule has 2 heterocycles. The fourth-order valence-electron chi connectivity index (χ4n) is 1.92. The van der Waals surface area contributed by atoms with Crippen molar-refractivity contribution in [2.75, 3.05) is 13.1 Å². The van der Waals surface area contributed by atoms with Gasteiger partial charge in [0.1, 0.15) is 0 Å². The quantitative estimate of drug-likeness (QED) is 0.809. The van der Waals surface area contributed by atoms with E-state index in [9.17, 15) is 0 Å². The van der Waals surface area contributed by atoms with Gasteiger partial charge in [0.25, 0.3) is 0 Å². The van der Waals surface area contributed by atoms with Crippen LogP contribution in [0.15, 0.2) is 12.5 Å². The number of piperidine rings is 1. The third-order valence-electron chi connectivity index (χ3n) is 2.86. The Bertz CT molecular complexity index is 292. The molecule has 0 amide bonds. The van der Waals surface area contributed by atoms with Crippen LogP contribution in [0, 0.1) is 0 Å². The molecule has 1 saturated heterocycles. The van der Waals surface area contributed by atoms with Crippen LogP contribution in [0.1, 0.15) is 25.5 Å². The molecule has 1 aliphatic heterocycles. The monoisotopic (exact) mass is 209 g/mol. The van der Waals surface area contributed by atoms with Crippen LogP contribution in [0.2, 0.25) is 0 Å². The van der Waals surface area contributed by atoms with Crippen molar-refractivity contribution in [2.24, 2.45) is 0 Å². The van der Waals surface area contributed by atoms with Crippen molar-refractivity contribution in [3.05, 3.63) is 18.2 Å². The van der Waals surface area contributed by atoms with Crippen molar-refractivity contribution in [3.63, 3.8) is 0 Å². The fourth-order valence-corrected chi connectivity index (χ4v) is 1.92. The van der Waals surface area contributed by atoms with Crippen LogP contribution < -0.4 is 5.32 Å². The average Bonchev–Trinajstić information content (AvgIpc) is 2.75. The lowest BCUT2D eigenvalue weighted by atomic mass is 10.1. The van der Waals surface area contributed by atoms with E-state index in [0.717, 1.165) is 19.6 Å². The molecule has 0 saturated carbocycles. The van der Waals surface area contributed by atoms with Gasteiger partial charge in [0, 0.05) is 13.1 Å². The first kappa shape index (κ1) is 10.6. The molecule has 0 aromatic carbocycles. The van der Waals surface area contributed by atoms with Crippen LogP contribution in [-0.4, -0.2) is 28.7 Å². The van der Waals surface area contributed by atoms with Crippen LogP contribution in [0.4, 0.5) is 0 Å². The molecule has 1 N–H and O–H groups in total. The number of aromatic nitrogens is 2. The van der Waals surface area contributed by atoms with Crippen molar-refractivity contribution in [3.8, 4) is 0 Å². The lowest BCUT2D eigenvalue weighted by Gasteiger charge is -2.23. The Kier molecular flexibility index (Phi) is 3.75. The topological polar surface area (TPSA) is 39.1 Å². The Labute approximate surface area is 90.6 Å². The van der Waals surface area contributed by atoms with Gasteiger partial charge in [0.05, 0.1) is 30.9 Å². The van der Waals surface area contributed by atoms with Gasteiger partial charge < -0.3 is 14.6 Å². The van der Waals surface area contributed by atoms with Gasteiger partial charge in [-0.05, 0) is 26.3 Å². The van der Waals surface area contributed by atoms with Crippen LogP contribution in [-0.2, 0) is 17.9 Å². The Morgan fingerprint density at radius 1 is 1.67 bits per heavy atom. The maximum atomic E-state index is 5.85. The molecule has 1 aromatic heterocycles. The number of rotatable bonds is 4. The van der Waals surface area contributed by atoms with Gasteiger partial charge in [-0.15, -0.1) is 0 Å². The van der Waals surface area contributed by atoms with Crippen molar-refractivity contribution in [1.29, 1.82) is 0 Å². The van der Waals surface area contributed by atoms with Crippen molar-refractivity contribution in [1.82, 2.24) is 14.9 Å². The van der Waals surface area contributed by atoms with Gasteiger partial charge in [-0.2, -0.15) is 0 Å². The smallest absolute Gasteiger partial charge is 0.0948 e. The summed E-state index contributed by atoms with van der Waals surface area (Å²) in [5, 5.41) is 3.35. The first-order valence-electron chi connectivity index (χ1n) is 5.71. The van der Waals surface area contributed by atoms with Crippen LogP contribution >= 0.6 is 0 Å². The van der Waals surface area contributed by atoms with E-state index in [2.05, 4.69) is 21.8 Å². The fraction of sp³-hybridized carbons (Fsp3) is 0.727. The lowest BCUT2D eigenvalue weighted by Crippen LogP contribution is -2.35. The molecule has 0 spiro atoms. The van der Waals surface area contributed by atoms with Crippen molar-refractivity contribution in [2.45, 2.75) is 39.0 Å². The zero-order chi connectivity index (χ0) is 10.5. The number of nitrogens with one attached hydrogen (secondary N) is 1. The summed E-state index contributed by atoms with van der Waals surface area (Å²) in [5.41, 5.74) is 1.17. The van der Waals surface area contributed by atoms with Crippen molar-refractivity contribution < 1.29 is 4.74 Å². The minimum atomic E-state index is 0.374. The second-order valence-corrected chi connectivity index (χ2v) is 3.95. The SMILES string of the molecule is CCn1cncc1CO[C@H]1CCCNC1. The highest BCUT2D eigenvalue weighted by molar-refractivity contribution is 4.96. The van der Waals surface area contributed by atoms with E-state index in [1.165, 1.54) is 18.5 Å². The molecule has 4 nitrogen and oxygen atoms in total. The molecule has 0 aliphatic carbocycles. The standard InChI is InChI=1S/C11H19N3O/c1-2-14-9-13-6-10(14)8-15-11-4-3-5-12-7-11/h6,9,11-12H,2-5,7-8H2,1H3/t11-/m0/s1. The molecule has 1 aliphatic rings. The van der Waals surface area contributed by atoms with Gasteiger partial charge in [0.15, 0.2) is 0 Å². The summed E-state index contributed by atoms with van der Waals surface area (Å²) < 4.78 is 7.97. The van der Waals surface area contributed by atoms with E-state index in [1.54, 1.807) is 0 Å². The number of hydrogen-bond acceptors (Lipinski definition) is 3. The number of imidazole rings is 1. The van der Waals surface area contributed by atoms with Crippen LogP contribution in [0.3, 0.4) is 0 Å². The van der Waals surface area contributed by atoms with Gasteiger partial charge in [-0.1, -0.05) is 0 Å². The zero-order valence-electron chi connectivity index (χ0n) is 9.28. The summed E-state index contributed by atoms with van der Waals surface area (Å²) in [6.07, 6.45) is 6.52. The average molecular weight is 209 g/mol. The Morgan fingerprint density at radius 3 is 3.33 bits per heavy atom. The first-order valence-corrected chi connectivity index (χ1v) is 5.71. The maximum Gasteiger partial charge on any atom is 0.0948 e. The normalized spacial score (nSPS) is 21.8. The molecule has 1 aromatic rings. The Morgan fingerprint density at radius 2 is 2.60 bits per heavy atom. The molecule has 4 heteroatoms. The minimum Gasteiger partial charge on any atom is -0.371 e. The van der Waals surface area contributed by atoms with E-state index in [4.69, 9.17) is 4.74 Å². The summed E-state index contributed by atoms with van der Waals surface area (Å²) in [4.78, 5) is 4.12. The van der Waals surface area contributed by atoms with Gasteiger partial charge in [-0.25, -0.2) is 4.98 Å². The summed E-state index contributed by atoms with van der Waals surface area (Å²) in [5.74, 6) is 0. The molecule has 15 heavy (non-hydrogen) atoms. The second kappa shape index (κ2) is 5.28. The Balaban J connectivity index is 1.81. The maximum absolute atomic E-state index is 5.85. The highest BCUT2D eigenvalue weighted by Gasteiger charge is 2.13. The summed E-state index contributed by atoms with van der Waals surface area (Å²) in [6.45, 7) is 5.88. The van der Waals surface area contributed by atoms with Crippen LogP contribution in [0.5, 0.6) is 0 Å². The number of ether oxygens (including phenoxy) is 1. The van der Waals surface area contributed by atoms with Gasteiger partial charge in [-0.3, -0.25) is 0 Å². The molecule has 84 valence electrons. The Hall–Kier alpha value is -0.870. The summed E-state index contributed by atoms with van der Waals surface area (Å²) in [7, 11) is 0. The largest absolute Gasteiger partial charge is 0.371 e. The second-order valence-electron chi connectivity index (χ2n) is 3.95. The predicted octanol–water partition coefficient (Wildman–Crippen LogP) is 1.17. The van der Waals surface area contributed by atoms with E-state index in [-0.39, 0.29) is 0 Å². The molecular weight excluding hydrogens is 190 g/mol. The molecule has 0 unspecified atom stereocenters. The molecule has 2 rings (SSSR count). The third-order valence-corrected chi connectivity index (χ3v) is 2.86. The van der Waals surface area contributed by atoms with E-state index in [0.29, 0.717) is 12.7 Å². The van der Waals surface area contributed by atoms with Gasteiger partial charge >= 0.3 is 0 Å². The summed E-state index contributed by atoms with van der Waals surface area (Å²) in [6, 6.07) is 0. The lowest BCUT2D eigenvalue weighted by molar-refractivity contribution is 0.0223. The molecule has 1 fully saturated rings. The third kappa shape index (κ3) is 2.79. The van der Waals surface area contributed by atoms with Crippen molar-refractivity contribution >= 4 is 0 Å². The van der Waals surface area contributed by atoms with Gasteiger partial charge in [0.2, 0.25) is 0 Å². The predicted molar refractivity (Wildman–Crippen MR) is 58.6 cm³/mol. The molecule has 0 bridgehead atoms. The van der Waals surface area contributed by atoms with E-state index < -0.39 is 0 Å². The first-order chi connectivity index (χ1) is 7.40. The van der Waals surface area contributed by atoms with E-state index >= 15 is 0 Å². The minimum absolute atomic E-state index is 0.374. The number of hydrogen-bond donors (Lipinski definition) is 1. The number of aryl methyl sites for hydroxylation is 1. The van der Waals surface area contributed by atoms with Crippen LogP contribution in [0.25, 0.3) is 0 Å². The summed E-state index contributed by atoms with van der Waals surface area (Å²) >= 11 is 0. The highest BCUT2D eigenvalue weighted by Crippen LogP contribution is 2.09. The molecule has 1 atom stereocenters. The highest BCUT2D eigenvalue weighted by atomic mass is 16.5. The molecule has 0 radical (unpaired) electrons. The number of nitrogens with zero attached hydrogens (tertiary/aromatic N) is 2. The van der Waals surface area contributed by atoms with E-state index in [1.807, 2.05) is 12.5 Å².